The maximum atomic E-state index is 11.9. The normalized spacial score (nSPS) is 10.6. The first kappa shape index (κ1) is 15.9. The molecule has 124 valence electrons. The van der Waals surface area contributed by atoms with E-state index < -0.39 is 0 Å². The largest absolute Gasteiger partial charge is 0.493 e. The van der Waals surface area contributed by atoms with Crippen LogP contribution in [0.3, 0.4) is 0 Å². The summed E-state index contributed by atoms with van der Waals surface area (Å²) in [5, 5.41) is 2.80. The van der Waals surface area contributed by atoms with Crippen molar-refractivity contribution in [3.8, 4) is 11.5 Å². The Morgan fingerprint density at radius 1 is 1.25 bits per heavy atom. The summed E-state index contributed by atoms with van der Waals surface area (Å²) in [5.41, 5.74) is 2.81. The standard InChI is InChI=1S/C18H19N3O3/c1-13-7-8-21-11-14(20-17(21)9-13)10-19-18(22)12-24-16-6-4-3-5-15(16)23-2/h3-9,11H,10,12H2,1-2H3,(H,19,22). The summed E-state index contributed by atoms with van der Waals surface area (Å²) in [4.78, 5) is 16.4. The highest BCUT2D eigenvalue weighted by molar-refractivity contribution is 5.77. The number of carbonyl (C=O) groups excluding carboxylic acids is 1. The summed E-state index contributed by atoms with van der Waals surface area (Å²) in [7, 11) is 1.56. The number of nitrogens with zero attached hydrogens (tertiary/aromatic N) is 2. The van der Waals surface area contributed by atoms with E-state index >= 15 is 0 Å². The summed E-state index contributed by atoms with van der Waals surface area (Å²) >= 11 is 0. The maximum Gasteiger partial charge on any atom is 0.258 e. The molecular formula is C18H19N3O3. The molecule has 0 aliphatic carbocycles. The van der Waals surface area contributed by atoms with Crippen LogP contribution in [0, 0.1) is 6.92 Å². The van der Waals surface area contributed by atoms with E-state index in [1.807, 2.05) is 48.0 Å². The van der Waals surface area contributed by atoms with E-state index in [1.165, 1.54) is 0 Å². The zero-order chi connectivity index (χ0) is 16.9. The third-order valence-corrected chi connectivity index (χ3v) is 3.56. The van der Waals surface area contributed by atoms with Gasteiger partial charge in [-0.3, -0.25) is 4.79 Å². The highest BCUT2D eigenvalue weighted by Gasteiger charge is 2.08. The molecule has 2 heterocycles. The summed E-state index contributed by atoms with van der Waals surface area (Å²) in [6.45, 7) is 2.30. The molecule has 24 heavy (non-hydrogen) atoms. The van der Waals surface area contributed by atoms with Crippen molar-refractivity contribution in [2.45, 2.75) is 13.5 Å². The minimum Gasteiger partial charge on any atom is -0.493 e. The molecule has 0 unspecified atom stereocenters. The second-order valence-corrected chi connectivity index (χ2v) is 5.42. The highest BCUT2D eigenvalue weighted by atomic mass is 16.5. The molecule has 0 aliphatic heterocycles. The van der Waals surface area contributed by atoms with Crippen molar-refractivity contribution in [1.29, 1.82) is 0 Å². The molecule has 3 rings (SSSR count). The first-order chi connectivity index (χ1) is 11.7. The number of pyridine rings is 1. The summed E-state index contributed by atoms with van der Waals surface area (Å²) < 4.78 is 12.6. The maximum absolute atomic E-state index is 11.9. The summed E-state index contributed by atoms with van der Waals surface area (Å²) in [6.07, 6.45) is 3.85. The number of para-hydroxylation sites is 2. The second kappa shape index (κ2) is 7.04. The number of rotatable bonds is 6. The molecule has 0 radical (unpaired) electrons. The van der Waals surface area contributed by atoms with Crippen LogP contribution in [0.5, 0.6) is 11.5 Å². The van der Waals surface area contributed by atoms with Gasteiger partial charge in [0.1, 0.15) is 5.65 Å². The van der Waals surface area contributed by atoms with E-state index in [-0.39, 0.29) is 12.5 Å². The minimum atomic E-state index is -0.214. The van der Waals surface area contributed by atoms with Crippen LogP contribution in [-0.2, 0) is 11.3 Å². The Labute approximate surface area is 140 Å². The molecule has 1 aromatic carbocycles. The van der Waals surface area contributed by atoms with Crippen molar-refractivity contribution in [3.63, 3.8) is 0 Å². The lowest BCUT2D eigenvalue weighted by molar-refractivity contribution is -0.123. The van der Waals surface area contributed by atoms with Gasteiger partial charge in [0, 0.05) is 12.4 Å². The Bertz CT molecular complexity index is 858. The van der Waals surface area contributed by atoms with Crippen LogP contribution in [0.15, 0.2) is 48.8 Å². The quantitative estimate of drug-likeness (QED) is 0.755. The van der Waals surface area contributed by atoms with Crippen molar-refractivity contribution in [1.82, 2.24) is 14.7 Å². The predicted octanol–water partition coefficient (Wildman–Crippen LogP) is 2.35. The number of benzene rings is 1. The fraction of sp³-hybridized carbons (Fsp3) is 0.222. The van der Waals surface area contributed by atoms with E-state index in [0.29, 0.717) is 18.0 Å². The molecule has 0 fully saturated rings. The van der Waals surface area contributed by atoms with Crippen LogP contribution in [0.25, 0.3) is 5.65 Å². The molecule has 1 amide bonds. The predicted molar refractivity (Wildman–Crippen MR) is 90.3 cm³/mol. The highest BCUT2D eigenvalue weighted by Crippen LogP contribution is 2.25. The van der Waals surface area contributed by atoms with Crippen molar-refractivity contribution in [2.75, 3.05) is 13.7 Å². The Morgan fingerprint density at radius 2 is 2.04 bits per heavy atom. The van der Waals surface area contributed by atoms with Gasteiger partial charge in [-0.2, -0.15) is 0 Å². The Kier molecular flexibility index (Phi) is 4.65. The Hall–Kier alpha value is -3.02. The van der Waals surface area contributed by atoms with Gasteiger partial charge in [0.2, 0.25) is 0 Å². The van der Waals surface area contributed by atoms with Crippen LogP contribution in [0.1, 0.15) is 11.3 Å². The van der Waals surface area contributed by atoms with Crippen molar-refractivity contribution in [2.24, 2.45) is 0 Å². The van der Waals surface area contributed by atoms with Crippen LogP contribution < -0.4 is 14.8 Å². The van der Waals surface area contributed by atoms with E-state index in [1.54, 1.807) is 19.2 Å². The first-order valence-corrected chi connectivity index (χ1v) is 7.62. The van der Waals surface area contributed by atoms with E-state index in [4.69, 9.17) is 9.47 Å². The summed E-state index contributed by atoms with van der Waals surface area (Å²) in [6, 6.07) is 11.2. The lowest BCUT2D eigenvalue weighted by atomic mass is 10.3. The molecule has 0 bridgehead atoms. The zero-order valence-electron chi connectivity index (χ0n) is 13.7. The van der Waals surface area contributed by atoms with Gasteiger partial charge in [-0.25, -0.2) is 4.98 Å². The van der Waals surface area contributed by atoms with Crippen molar-refractivity contribution in [3.05, 3.63) is 60.0 Å². The molecular weight excluding hydrogens is 306 g/mol. The molecule has 0 spiro atoms. The number of hydrogen-bond acceptors (Lipinski definition) is 4. The third-order valence-electron chi connectivity index (χ3n) is 3.56. The number of nitrogens with one attached hydrogen (secondary N) is 1. The number of amides is 1. The van der Waals surface area contributed by atoms with Crippen LogP contribution in [0.2, 0.25) is 0 Å². The van der Waals surface area contributed by atoms with Gasteiger partial charge < -0.3 is 19.2 Å². The molecule has 1 N–H and O–H groups in total. The smallest absolute Gasteiger partial charge is 0.258 e. The zero-order valence-corrected chi connectivity index (χ0v) is 13.7. The minimum absolute atomic E-state index is 0.0765. The van der Waals surface area contributed by atoms with Gasteiger partial charge in [-0.1, -0.05) is 12.1 Å². The van der Waals surface area contributed by atoms with Crippen molar-refractivity contribution >= 4 is 11.6 Å². The molecule has 0 aliphatic rings. The van der Waals surface area contributed by atoms with Gasteiger partial charge in [0.15, 0.2) is 18.1 Å². The Morgan fingerprint density at radius 3 is 2.83 bits per heavy atom. The summed E-state index contributed by atoms with van der Waals surface area (Å²) in [5.74, 6) is 0.925. The number of fused-ring (bicyclic) bond motifs is 1. The average Bonchev–Trinajstić information content (AvgIpc) is 3.00. The number of aryl methyl sites for hydroxylation is 1. The SMILES string of the molecule is COc1ccccc1OCC(=O)NCc1cn2ccc(C)cc2n1. The van der Waals surface area contributed by atoms with Gasteiger partial charge in [-0.15, -0.1) is 0 Å². The second-order valence-electron chi connectivity index (χ2n) is 5.42. The number of ether oxygens (including phenoxy) is 2. The van der Waals surface area contributed by atoms with Gasteiger partial charge >= 0.3 is 0 Å². The first-order valence-electron chi connectivity index (χ1n) is 7.62. The lowest BCUT2D eigenvalue weighted by Gasteiger charge is -2.10. The molecule has 0 saturated carbocycles. The van der Waals surface area contributed by atoms with E-state index in [0.717, 1.165) is 16.9 Å². The van der Waals surface area contributed by atoms with Gasteiger partial charge in [0.25, 0.3) is 5.91 Å². The number of aromatic nitrogens is 2. The molecule has 3 aromatic rings. The van der Waals surface area contributed by atoms with Gasteiger partial charge in [0.05, 0.1) is 19.3 Å². The molecule has 0 atom stereocenters. The van der Waals surface area contributed by atoms with Crippen molar-refractivity contribution < 1.29 is 14.3 Å². The van der Waals surface area contributed by atoms with E-state index in [2.05, 4.69) is 10.3 Å². The Balaban J connectivity index is 1.55. The average molecular weight is 325 g/mol. The number of carbonyl (C=O) groups is 1. The van der Waals surface area contributed by atoms with Crippen LogP contribution in [0.4, 0.5) is 0 Å². The van der Waals surface area contributed by atoms with Crippen LogP contribution in [-0.4, -0.2) is 29.0 Å². The topological polar surface area (TPSA) is 64.9 Å². The van der Waals surface area contributed by atoms with E-state index in [9.17, 15) is 4.79 Å². The number of imidazole rings is 1. The third kappa shape index (κ3) is 3.65. The molecule has 0 saturated heterocycles. The van der Waals surface area contributed by atoms with Crippen LogP contribution >= 0.6 is 0 Å². The monoisotopic (exact) mass is 325 g/mol. The molecule has 6 heteroatoms. The fourth-order valence-electron chi connectivity index (χ4n) is 2.34. The fourth-order valence-corrected chi connectivity index (χ4v) is 2.34. The lowest BCUT2D eigenvalue weighted by Crippen LogP contribution is -2.28. The molecule has 2 aromatic heterocycles. The number of hydrogen-bond donors (Lipinski definition) is 1. The van der Waals surface area contributed by atoms with Gasteiger partial charge in [-0.05, 0) is 36.8 Å². The number of methoxy groups -OCH3 is 1. The molecule has 6 nitrogen and oxygen atoms in total.